The fourth-order valence-electron chi connectivity index (χ4n) is 2.11. The first-order chi connectivity index (χ1) is 9.24. The van der Waals surface area contributed by atoms with Crippen molar-refractivity contribution in [2.75, 3.05) is 5.33 Å². The fourth-order valence-corrected chi connectivity index (χ4v) is 2.58. The van der Waals surface area contributed by atoms with Gasteiger partial charge in [-0.15, -0.1) is 0 Å². The van der Waals surface area contributed by atoms with Crippen LogP contribution in [0.5, 0.6) is 0 Å². The van der Waals surface area contributed by atoms with Crippen molar-refractivity contribution in [2.24, 2.45) is 0 Å². The summed E-state index contributed by atoms with van der Waals surface area (Å²) in [6, 6.07) is 17.5. The largest absolute Gasteiger partial charge is 0.390 e. The summed E-state index contributed by atoms with van der Waals surface area (Å²) in [6.45, 7) is 0. The molecule has 0 spiro atoms. The molecule has 0 aliphatic heterocycles. The predicted molar refractivity (Wildman–Crippen MR) is 81.3 cm³/mol. The van der Waals surface area contributed by atoms with E-state index in [9.17, 15) is 10.2 Å². The number of benzene rings is 2. The zero-order chi connectivity index (χ0) is 13.7. The van der Waals surface area contributed by atoms with Gasteiger partial charge in [-0.05, 0) is 23.1 Å². The molecule has 0 aliphatic rings. The maximum Gasteiger partial charge on any atom is 0.105 e. The highest BCUT2D eigenvalue weighted by molar-refractivity contribution is 9.09. The van der Waals surface area contributed by atoms with Gasteiger partial charge in [-0.1, -0.05) is 70.5 Å². The summed E-state index contributed by atoms with van der Waals surface area (Å²) in [6.07, 6.45) is -1.11. The number of rotatable bonds is 5. The second kappa shape index (κ2) is 6.85. The van der Waals surface area contributed by atoms with Crippen LogP contribution in [0.2, 0.25) is 0 Å². The van der Waals surface area contributed by atoms with Gasteiger partial charge in [0.25, 0.3) is 0 Å². The number of hydrogen-bond donors (Lipinski definition) is 2. The molecule has 2 N–H and O–H groups in total. The highest BCUT2D eigenvalue weighted by atomic mass is 79.9. The van der Waals surface area contributed by atoms with E-state index in [2.05, 4.69) is 15.9 Å². The summed E-state index contributed by atoms with van der Waals surface area (Å²) < 4.78 is 0. The molecule has 2 aromatic rings. The number of halogens is 1. The van der Waals surface area contributed by atoms with Crippen molar-refractivity contribution in [3.8, 4) is 11.1 Å². The van der Waals surface area contributed by atoms with Crippen LogP contribution in [0.4, 0.5) is 0 Å². The lowest BCUT2D eigenvalue weighted by molar-refractivity contribution is 0.0177. The predicted octanol–water partition coefficient (Wildman–Crippen LogP) is 3.53. The van der Waals surface area contributed by atoms with E-state index < -0.39 is 12.2 Å². The molecule has 0 saturated carbocycles. The average Bonchev–Trinajstić information content (AvgIpc) is 2.47. The molecule has 2 rings (SSSR count). The molecule has 0 amide bonds. The SMILES string of the molecule is OC(CCBr)C(O)c1ccccc1-c1ccccc1. The van der Waals surface area contributed by atoms with Crippen LogP contribution in [0.1, 0.15) is 18.1 Å². The van der Waals surface area contributed by atoms with Crippen LogP contribution in [0, 0.1) is 0 Å². The van der Waals surface area contributed by atoms with Gasteiger partial charge in [0.15, 0.2) is 0 Å². The lowest BCUT2D eigenvalue weighted by Crippen LogP contribution is -2.19. The molecule has 2 aromatic carbocycles. The van der Waals surface area contributed by atoms with Gasteiger partial charge >= 0.3 is 0 Å². The van der Waals surface area contributed by atoms with E-state index in [1.54, 1.807) is 0 Å². The molecule has 0 saturated heterocycles. The number of aliphatic hydroxyl groups is 2. The van der Waals surface area contributed by atoms with Gasteiger partial charge in [-0.2, -0.15) is 0 Å². The van der Waals surface area contributed by atoms with Crippen LogP contribution < -0.4 is 0 Å². The molecule has 3 heteroatoms. The first-order valence-corrected chi connectivity index (χ1v) is 7.42. The number of alkyl halides is 1. The molecule has 19 heavy (non-hydrogen) atoms. The molecule has 2 atom stereocenters. The summed E-state index contributed by atoms with van der Waals surface area (Å²) in [5, 5.41) is 20.9. The molecule has 0 bridgehead atoms. The molecular formula is C16H17BrO2. The van der Waals surface area contributed by atoms with Crippen LogP contribution in [-0.2, 0) is 0 Å². The third kappa shape index (κ3) is 3.44. The van der Waals surface area contributed by atoms with Crippen molar-refractivity contribution < 1.29 is 10.2 Å². The minimum absolute atomic E-state index is 0.518. The summed E-state index contributed by atoms with van der Waals surface area (Å²) in [5.74, 6) is 0. The first-order valence-electron chi connectivity index (χ1n) is 6.30. The Labute approximate surface area is 121 Å². The Kier molecular flexibility index (Phi) is 5.14. The Morgan fingerprint density at radius 2 is 1.53 bits per heavy atom. The minimum Gasteiger partial charge on any atom is -0.390 e. The van der Waals surface area contributed by atoms with E-state index >= 15 is 0 Å². The highest BCUT2D eigenvalue weighted by Gasteiger charge is 2.20. The lowest BCUT2D eigenvalue weighted by Gasteiger charge is -2.20. The maximum absolute atomic E-state index is 10.3. The van der Waals surface area contributed by atoms with E-state index in [-0.39, 0.29) is 0 Å². The van der Waals surface area contributed by atoms with Crippen LogP contribution in [0.25, 0.3) is 11.1 Å². The molecule has 0 aliphatic carbocycles. The molecule has 2 nitrogen and oxygen atoms in total. The maximum atomic E-state index is 10.3. The quantitative estimate of drug-likeness (QED) is 0.827. The summed E-state index contributed by atoms with van der Waals surface area (Å²) in [4.78, 5) is 0. The Hall–Kier alpha value is -1.16. The van der Waals surface area contributed by atoms with Gasteiger partial charge < -0.3 is 10.2 Å². The van der Waals surface area contributed by atoms with Gasteiger partial charge in [0, 0.05) is 5.33 Å². The third-order valence-corrected chi connectivity index (χ3v) is 3.59. The van der Waals surface area contributed by atoms with Crippen molar-refractivity contribution in [2.45, 2.75) is 18.6 Å². The van der Waals surface area contributed by atoms with Gasteiger partial charge in [-0.25, -0.2) is 0 Å². The molecule has 0 radical (unpaired) electrons. The second-order valence-electron chi connectivity index (χ2n) is 4.44. The molecule has 0 aromatic heterocycles. The van der Waals surface area contributed by atoms with Crippen molar-refractivity contribution in [1.29, 1.82) is 0 Å². The minimum atomic E-state index is -0.867. The molecule has 2 unspecified atom stereocenters. The topological polar surface area (TPSA) is 40.5 Å². The van der Waals surface area contributed by atoms with Crippen molar-refractivity contribution >= 4 is 15.9 Å². The molecule has 100 valence electrons. The van der Waals surface area contributed by atoms with Gasteiger partial charge in [-0.3, -0.25) is 0 Å². The van der Waals surface area contributed by atoms with Gasteiger partial charge in [0.2, 0.25) is 0 Å². The lowest BCUT2D eigenvalue weighted by atomic mass is 9.93. The zero-order valence-electron chi connectivity index (χ0n) is 10.5. The highest BCUT2D eigenvalue weighted by Crippen LogP contribution is 2.30. The van der Waals surface area contributed by atoms with Crippen molar-refractivity contribution in [1.82, 2.24) is 0 Å². The molecular weight excluding hydrogens is 304 g/mol. The van der Waals surface area contributed by atoms with Gasteiger partial charge in [0.1, 0.15) is 6.10 Å². The summed E-state index contributed by atoms with van der Waals surface area (Å²) in [7, 11) is 0. The zero-order valence-corrected chi connectivity index (χ0v) is 12.1. The van der Waals surface area contributed by atoms with Crippen LogP contribution in [0.15, 0.2) is 54.6 Å². The van der Waals surface area contributed by atoms with Crippen LogP contribution >= 0.6 is 15.9 Å². The van der Waals surface area contributed by atoms with E-state index in [0.717, 1.165) is 16.7 Å². The second-order valence-corrected chi connectivity index (χ2v) is 5.24. The monoisotopic (exact) mass is 320 g/mol. The Balaban J connectivity index is 2.36. The molecule has 0 fully saturated rings. The fraction of sp³-hybridized carbons (Fsp3) is 0.250. The Morgan fingerprint density at radius 1 is 0.895 bits per heavy atom. The van der Waals surface area contributed by atoms with Crippen LogP contribution in [0.3, 0.4) is 0 Å². The average molecular weight is 321 g/mol. The number of hydrogen-bond acceptors (Lipinski definition) is 2. The third-order valence-electron chi connectivity index (χ3n) is 3.13. The van der Waals surface area contributed by atoms with Crippen molar-refractivity contribution in [3.63, 3.8) is 0 Å². The van der Waals surface area contributed by atoms with E-state index in [4.69, 9.17) is 0 Å². The number of aliphatic hydroxyl groups excluding tert-OH is 2. The first kappa shape index (κ1) is 14.3. The molecule has 0 heterocycles. The van der Waals surface area contributed by atoms with E-state index in [1.807, 2.05) is 54.6 Å². The Bertz CT molecular complexity index is 513. The standard InChI is InChI=1S/C16H17BrO2/c17-11-10-15(18)16(19)14-9-5-4-8-13(14)12-6-2-1-3-7-12/h1-9,15-16,18-19H,10-11H2. The van der Waals surface area contributed by atoms with Gasteiger partial charge in [0.05, 0.1) is 6.10 Å². The van der Waals surface area contributed by atoms with E-state index in [1.165, 1.54) is 0 Å². The van der Waals surface area contributed by atoms with Crippen molar-refractivity contribution in [3.05, 3.63) is 60.2 Å². The smallest absolute Gasteiger partial charge is 0.105 e. The van der Waals surface area contributed by atoms with E-state index in [0.29, 0.717) is 11.8 Å². The Morgan fingerprint density at radius 3 is 2.21 bits per heavy atom. The summed E-state index contributed by atoms with van der Waals surface area (Å²) >= 11 is 3.28. The summed E-state index contributed by atoms with van der Waals surface area (Å²) in [5.41, 5.74) is 2.77. The van der Waals surface area contributed by atoms with Crippen LogP contribution in [-0.4, -0.2) is 21.6 Å². The normalized spacial score (nSPS) is 14.1.